The molecule has 0 amide bonds. The van der Waals surface area contributed by atoms with Crippen molar-refractivity contribution in [1.29, 1.82) is 0 Å². The molecule has 0 saturated heterocycles. The van der Waals surface area contributed by atoms with Crippen LogP contribution in [0.2, 0.25) is 0 Å². The molecule has 1 aromatic heterocycles. The lowest BCUT2D eigenvalue weighted by molar-refractivity contribution is 0.425. The summed E-state index contributed by atoms with van der Waals surface area (Å²) in [5, 5.41) is 3.72. The lowest BCUT2D eigenvalue weighted by Crippen LogP contribution is -1.83. The van der Waals surface area contributed by atoms with E-state index in [9.17, 15) is 4.39 Å². The Morgan fingerprint density at radius 1 is 1.21 bits per heavy atom. The van der Waals surface area contributed by atoms with Gasteiger partial charge < -0.3 is 4.52 Å². The Morgan fingerprint density at radius 3 is 2.64 bits per heavy atom. The maximum atomic E-state index is 13.4. The van der Waals surface area contributed by atoms with Crippen LogP contribution >= 0.6 is 0 Å². The number of rotatable bonds is 1. The summed E-state index contributed by atoms with van der Waals surface area (Å²) in [5.74, 6) is 0.190. The van der Waals surface area contributed by atoms with E-state index in [1.165, 1.54) is 6.07 Å². The summed E-state index contributed by atoms with van der Waals surface area (Å²) in [7, 11) is 0. The first-order chi connectivity index (χ1) is 6.66. The predicted molar refractivity (Wildman–Crippen MR) is 51.4 cm³/mol. The van der Waals surface area contributed by atoms with Gasteiger partial charge in [0.1, 0.15) is 5.82 Å². The minimum atomic E-state index is -0.285. The van der Waals surface area contributed by atoms with Crippen LogP contribution in [0.4, 0.5) is 4.39 Å². The van der Waals surface area contributed by atoms with Gasteiger partial charge in [0.05, 0.1) is 11.3 Å². The summed E-state index contributed by atoms with van der Waals surface area (Å²) in [6, 6.07) is 6.62. The number of benzene rings is 1. The Morgan fingerprint density at radius 2 is 2.00 bits per heavy atom. The zero-order valence-corrected chi connectivity index (χ0v) is 8.04. The lowest BCUT2D eigenvalue weighted by atomic mass is 10.1. The van der Waals surface area contributed by atoms with Crippen molar-refractivity contribution in [3.05, 3.63) is 41.3 Å². The summed E-state index contributed by atoms with van der Waals surface area (Å²) in [6.07, 6.45) is 0. The average Bonchev–Trinajstić information content (AvgIpc) is 2.56. The van der Waals surface area contributed by atoms with E-state index in [1.54, 1.807) is 25.1 Å². The molecule has 14 heavy (non-hydrogen) atoms. The second-order valence-electron chi connectivity index (χ2n) is 3.32. The molecule has 0 aliphatic heterocycles. The van der Waals surface area contributed by atoms with E-state index >= 15 is 0 Å². The van der Waals surface area contributed by atoms with Crippen molar-refractivity contribution in [2.45, 2.75) is 13.8 Å². The molecule has 0 radical (unpaired) electrons. The molecule has 72 valence electrons. The molecule has 0 unspecified atom stereocenters. The van der Waals surface area contributed by atoms with Crippen molar-refractivity contribution in [3.63, 3.8) is 0 Å². The van der Waals surface area contributed by atoms with E-state index in [-0.39, 0.29) is 5.82 Å². The first-order valence-corrected chi connectivity index (χ1v) is 4.36. The zero-order valence-electron chi connectivity index (χ0n) is 8.04. The largest absolute Gasteiger partial charge is 0.356 e. The van der Waals surface area contributed by atoms with E-state index in [4.69, 9.17) is 4.52 Å². The van der Waals surface area contributed by atoms with Gasteiger partial charge in [-0.1, -0.05) is 16.8 Å². The van der Waals surface area contributed by atoms with Crippen LogP contribution in [-0.4, -0.2) is 5.16 Å². The Bertz CT molecular complexity index is 462. The Kier molecular flexibility index (Phi) is 2.08. The monoisotopic (exact) mass is 191 g/mol. The van der Waals surface area contributed by atoms with Crippen molar-refractivity contribution in [3.8, 4) is 11.3 Å². The van der Waals surface area contributed by atoms with E-state index in [2.05, 4.69) is 5.16 Å². The fourth-order valence-electron chi connectivity index (χ4n) is 1.32. The lowest BCUT2D eigenvalue weighted by Gasteiger charge is -1.99. The van der Waals surface area contributed by atoms with Crippen LogP contribution < -0.4 is 0 Å². The van der Waals surface area contributed by atoms with Crippen LogP contribution in [0.1, 0.15) is 11.3 Å². The van der Waals surface area contributed by atoms with Crippen LogP contribution in [0.25, 0.3) is 11.3 Å². The normalized spacial score (nSPS) is 10.5. The summed E-state index contributed by atoms with van der Waals surface area (Å²) < 4.78 is 18.4. The van der Waals surface area contributed by atoms with Gasteiger partial charge in [-0.3, -0.25) is 0 Å². The van der Waals surface area contributed by atoms with Crippen LogP contribution in [-0.2, 0) is 0 Å². The van der Waals surface area contributed by atoms with Crippen LogP contribution in [0, 0.1) is 19.7 Å². The van der Waals surface area contributed by atoms with Crippen molar-refractivity contribution >= 4 is 0 Å². The molecule has 0 atom stereocenters. The molecule has 3 heteroatoms. The fourth-order valence-corrected chi connectivity index (χ4v) is 1.32. The average molecular weight is 191 g/mol. The number of aryl methyl sites for hydroxylation is 2. The third kappa shape index (κ3) is 1.53. The number of nitrogens with zero attached hydrogens (tertiary/aromatic N) is 1. The second-order valence-corrected chi connectivity index (χ2v) is 3.32. The van der Waals surface area contributed by atoms with Gasteiger partial charge in [-0.05, 0) is 26.0 Å². The van der Waals surface area contributed by atoms with E-state index in [0.29, 0.717) is 11.3 Å². The summed E-state index contributed by atoms with van der Waals surface area (Å²) in [5.41, 5.74) is 2.21. The van der Waals surface area contributed by atoms with Gasteiger partial charge in [0.2, 0.25) is 0 Å². The molecule has 2 rings (SSSR count). The van der Waals surface area contributed by atoms with Gasteiger partial charge in [-0.15, -0.1) is 0 Å². The van der Waals surface area contributed by atoms with Gasteiger partial charge >= 0.3 is 0 Å². The summed E-state index contributed by atoms with van der Waals surface area (Å²) >= 11 is 0. The summed E-state index contributed by atoms with van der Waals surface area (Å²) in [6.45, 7) is 3.72. The van der Waals surface area contributed by atoms with Gasteiger partial charge in [-0.25, -0.2) is 4.39 Å². The highest BCUT2D eigenvalue weighted by Crippen LogP contribution is 2.24. The maximum absolute atomic E-state index is 13.4. The fraction of sp³-hybridized carbons (Fsp3) is 0.182. The van der Waals surface area contributed by atoms with Crippen molar-refractivity contribution in [2.75, 3.05) is 0 Å². The van der Waals surface area contributed by atoms with Crippen LogP contribution in [0.15, 0.2) is 28.8 Å². The molecular weight excluding hydrogens is 181 g/mol. The van der Waals surface area contributed by atoms with E-state index in [0.717, 1.165) is 11.3 Å². The Hall–Kier alpha value is -1.64. The minimum absolute atomic E-state index is 0.285. The van der Waals surface area contributed by atoms with E-state index < -0.39 is 0 Å². The first-order valence-electron chi connectivity index (χ1n) is 4.36. The Balaban J connectivity index is 2.55. The third-order valence-corrected chi connectivity index (χ3v) is 2.02. The molecule has 0 spiro atoms. The molecule has 1 aromatic carbocycles. The van der Waals surface area contributed by atoms with Gasteiger partial charge in [-0.2, -0.15) is 0 Å². The molecule has 1 heterocycles. The molecule has 0 aliphatic carbocycles. The Labute approximate surface area is 81.3 Å². The van der Waals surface area contributed by atoms with Crippen molar-refractivity contribution < 1.29 is 8.91 Å². The predicted octanol–water partition coefficient (Wildman–Crippen LogP) is 3.10. The number of hydrogen-bond donors (Lipinski definition) is 0. The van der Waals surface area contributed by atoms with Crippen LogP contribution in [0.3, 0.4) is 0 Å². The van der Waals surface area contributed by atoms with Gasteiger partial charge in [0.15, 0.2) is 5.76 Å². The quantitative estimate of drug-likeness (QED) is 0.692. The zero-order chi connectivity index (χ0) is 10.1. The van der Waals surface area contributed by atoms with E-state index in [1.807, 2.05) is 6.92 Å². The van der Waals surface area contributed by atoms with Gasteiger partial charge in [0, 0.05) is 6.07 Å². The topological polar surface area (TPSA) is 26.0 Å². The molecule has 2 aromatic rings. The third-order valence-electron chi connectivity index (χ3n) is 2.02. The highest BCUT2D eigenvalue weighted by atomic mass is 19.1. The minimum Gasteiger partial charge on any atom is -0.356 e. The molecule has 2 nitrogen and oxygen atoms in total. The summed E-state index contributed by atoms with van der Waals surface area (Å²) in [4.78, 5) is 0. The highest BCUT2D eigenvalue weighted by Gasteiger charge is 2.09. The van der Waals surface area contributed by atoms with Crippen molar-refractivity contribution in [2.24, 2.45) is 0 Å². The molecule has 0 fully saturated rings. The molecular formula is C11H10FNO. The number of halogens is 1. The highest BCUT2D eigenvalue weighted by molar-refractivity contribution is 5.59. The molecule has 0 N–H and O–H groups in total. The second kappa shape index (κ2) is 3.25. The number of hydrogen-bond acceptors (Lipinski definition) is 2. The molecule has 0 bridgehead atoms. The standard InChI is InChI=1S/C11H10FNO/c1-7-3-4-10(12)9(5-7)11-6-8(2)13-14-11/h3-6H,1-2H3. The molecule has 0 aliphatic rings. The smallest absolute Gasteiger partial charge is 0.170 e. The number of aromatic nitrogens is 1. The SMILES string of the molecule is Cc1ccc(F)c(-c2cc(C)no2)c1. The maximum Gasteiger partial charge on any atom is 0.170 e. The van der Waals surface area contributed by atoms with Crippen LogP contribution in [0.5, 0.6) is 0 Å². The first kappa shape index (κ1) is 8.94. The van der Waals surface area contributed by atoms with Crippen molar-refractivity contribution in [1.82, 2.24) is 5.16 Å². The molecule has 0 saturated carbocycles. The van der Waals surface area contributed by atoms with Gasteiger partial charge in [0.25, 0.3) is 0 Å².